The lowest BCUT2D eigenvalue weighted by Gasteiger charge is -2.35. The van der Waals surface area contributed by atoms with Crippen molar-refractivity contribution < 1.29 is 9.47 Å². The van der Waals surface area contributed by atoms with Crippen molar-refractivity contribution in [3.63, 3.8) is 0 Å². The summed E-state index contributed by atoms with van der Waals surface area (Å²) >= 11 is 6.39. The number of nitriles is 1. The molecule has 2 aromatic carbocycles. The number of rotatable bonds is 10. The summed E-state index contributed by atoms with van der Waals surface area (Å²) in [5.41, 5.74) is 3.53. The van der Waals surface area contributed by atoms with Crippen LogP contribution in [0.15, 0.2) is 55.1 Å². The smallest absolute Gasteiger partial charge is 0.227 e. The molecule has 2 aromatic heterocycles. The molecule has 13 heteroatoms. The van der Waals surface area contributed by atoms with Gasteiger partial charge in [0.05, 0.1) is 37.0 Å². The monoisotopic (exact) mass is 560 g/mol. The second-order valence-electron chi connectivity index (χ2n) is 9.33. The molecule has 0 amide bonds. The first-order valence-electron chi connectivity index (χ1n) is 12.8. The Morgan fingerprint density at radius 2 is 1.85 bits per heavy atom. The number of nitrogens with zero attached hydrogens (tertiary/aromatic N) is 9. The fourth-order valence-electron chi connectivity index (χ4n) is 4.46. The molecule has 1 atom stereocenters. The fourth-order valence-corrected chi connectivity index (χ4v) is 4.62. The van der Waals surface area contributed by atoms with Crippen LogP contribution in [0.25, 0.3) is 11.1 Å². The van der Waals surface area contributed by atoms with Crippen molar-refractivity contribution in [3.8, 4) is 28.7 Å². The van der Waals surface area contributed by atoms with Gasteiger partial charge < -0.3 is 19.7 Å². The number of aromatic nitrogens is 6. The number of hydrogen-bond acceptors (Lipinski definition) is 11. The van der Waals surface area contributed by atoms with E-state index in [2.05, 4.69) is 52.7 Å². The van der Waals surface area contributed by atoms with Crippen LogP contribution >= 0.6 is 11.6 Å². The number of piperazine rings is 1. The normalized spacial score (nSPS) is 14.4. The Morgan fingerprint density at radius 1 is 1.05 bits per heavy atom. The topological polar surface area (TPSA) is 130 Å². The summed E-state index contributed by atoms with van der Waals surface area (Å²) in [5, 5.41) is 23.8. The molecule has 0 spiro atoms. The Kier molecular flexibility index (Phi) is 8.53. The van der Waals surface area contributed by atoms with Gasteiger partial charge in [0.2, 0.25) is 5.95 Å². The average molecular weight is 561 g/mol. The molecule has 4 aromatic rings. The Bertz CT molecular complexity index is 1450. The molecule has 0 radical (unpaired) electrons. The lowest BCUT2D eigenvalue weighted by molar-refractivity contribution is 0.193. The highest BCUT2D eigenvalue weighted by atomic mass is 35.5. The van der Waals surface area contributed by atoms with Crippen LogP contribution < -0.4 is 19.7 Å². The Hall–Kier alpha value is -4.47. The van der Waals surface area contributed by atoms with Crippen LogP contribution in [0.2, 0.25) is 5.02 Å². The van der Waals surface area contributed by atoms with Crippen LogP contribution in [0.5, 0.6) is 11.5 Å². The Morgan fingerprint density at radius 3 is 2.55 bits per heavy atom. The third-order valence-corrected chi connectivity index (χ3v) is 6.86. The maximum absolute atomic E-state index is 8.93. The molecule has 1 N–H and O–H groups in total. The van der Waals surface area contributed by atoms with Crippen molar-refractivity contribution in [1.29, 1.82) is 5.26 Å². The van der Waals surface area contributed by atoms with E-state index >= 15 is 0 Å². The molecule has 1 saturated heterocycles. The number of nitrogens with one attached hydrogen (secondary N) is 1. The van der Waals surface area contributed by atoms with Gasteiger partial charge in [-0.25, -0.2) is 14.6 Å². The summed E-state index contributed by atoms with van der Waals surface area (Å²) in [6.45, 7) is 6.31. The second-order valence-corrected chi connectivity index (χ2v) is 9.74. The minimum atomic E-state index is -0.200. The lowest BCUT2D eigenvalue weighted by Crippen LogP contribution is -2.46. The van der Waals surface area contributed by atoms with Crippen molar-refractivity contribution in [1.82, 2.24) is 35.1 Å². The lowest BCUT2D eigenvalue weighted by atomic mass is 10.1. The highest BCUT2D eigenvalue weighted by molar-refractivity contribution is 6.32. The zero-order chi connectivity index (χ0) is 27.9. The van der Waals surface area contributed by atoms with Crippen molar-refractivity contribution >= 4 is 28.9 Å². The van der Waals surface area contributed by atoms with E-state index in [1.807, 2.05) is 31.2 Å². The van der Waals surface area contributed by atoms with Crippen molar-refractivity contribution in [2.24, 2.45) is 0 Å². The SMILES string of the molecule is COc1cc(N2CCN(CC#N)CC2)ccc1Nc1ncc(-c2ccc(Cl)c(OC(C)Cn3cnnn3)c2)cn1. The molecule has 1 aliphatic heterocycles. The number of halogens is 1. The maximum atomic E-state index is 8.93. The quantitative estimate of drug-likeness (QED) is 0.285. The molecule has 0 saturated carbocycles. The molecule has 0 bridgehead atoms. The molecular weight excluding hydrogens is 532 g/mol. The predicted molar refractivity (Wildman–Crippen MR) is 151 cm³/mol. The number of ether oxygens (including phenoxy) is 2. The summed E-state index contributed by atoms with van der Waals surface area (Å²) in [5.74, 6) is 1.69. The number of methoxy groups -OCH3 is 1. The van der Waals surface area contributed by atoms with Gasteiger partial charge in [-0.15, -0.1) is 5.10 Å². The third-order valence-electron chi connectivity index (χ3n) is 6.54. The standard InChI is InChI=1S/C27H29ClN10O2/c1-19(17-38-18-32-34-35-38)40-25-13-20(3-5-23(25)28)21-15-30-27(31-16-21)33-24-6-4-22(14-26(24)39-2)37-11-9-36(8-7-29)10-12-37/h3-6,13-16,18-19H,8-12,17H2,1-2H3,(H,30,31,33). The first-order valence-corrected chi connectivity index (χ1v) is 13.2. The number of anilines is 3. The van der Waals surface area contributed by atoms with E-state index in [1.54, 1.807) is 30.3 Å². The van der Waals surface area contributed by atoms with E-state index in [1.165, 1.54) is 6.33 Å². The molecule has 5 rings (SSSR count). The van der Waals surface area contributed by atoms with Gasteiger partial charge in [-0.05, 0) is 47.2 Å². The molecule has 206 valence electrons. The van der Waals surface area contributed by atoms with Gasteiger partial charge in [0.25, 0.3) is 0 Å². The number of benzene rings is 2. The van der Waals surface area contributed by atoms with Crippen LogP contribution in [0.1, 0.15) is 6.92 Å². The van der Waals surface area contributed by atoms with E-state index in [0.717, 1.165) is 48.7 Å². The van der Waals surface area contributed by atoms with Crippen molar-refractivity contribution in [2.75, 3.05) is 50.1 Å². The van der Waals surface area contributed by atoms with Gasteiger partial charge >= 0.3 is 0 Å². The fraction of sp³-hybridized carbons (Fsp3) is 0.333. The molecule has 3 heterocycles. The van der Waals surface area contributed by atoms with Gasteiger partial charge in [0, 0.05) is 55.9 Å². The summed E-state index contributed by atoms with van der Waals surface area (Å²) < 4.78 is 13.3. The molecular formula is C27H29ClN10O2. The zero-order valence-electron chi connectivity index (χ0n) is 22.2. The molecule has 0 aliphatic carbocycles. The maximum Gasteiger partial charge on any atom is 0.227 e. The van der Waals surface area contributed by atoms with Gasteiger partial charge in [0.15, 0.2) is 0 Å². The van der Waals surface area contributed by atoms with Crippen molar-refractivity contribution in [3.05, 3.63) is 60.1 Å². The summed E-state index contributed by atoms with van der Waals surface area (Å²) in [7, 11) is 1.64. The summed E-state index contributed by atoms with van der Waals surface area (Å²) in [6.07, 6.45) is 4.83. The number of tetrazole rings is 1. The molecule has 12 nitrogen and oxygen atoms in total. The van der Waals surface area contributed by atoms with E-state index < -0.39 is 0 Å². The van der Waals surface area contributed by atoms with Gasteiger partial charge in [-0.1, -0.05) is 17.7 Å². The van der Waals surface area contributed by atoms with E-state index in [-0.39, 0.29) is 6.10 Å². The van der Waals surface area contributed by atoms with Crippen LogP contribution in [0, 0.1) is 11.3 Å². The van der Waals surface area contributed by atoms with Crippen LogP contribution in [-0.4, -0.2) is 81.0 Å². The van der Waals surface area contributed by atoms with E-state index in [0.29, 0.717) is 35.6 Å². The molecule has 1 fully saturated rings. The minimum absolute atomic E-state index is 0.200. The average Bonchev–Trinajstić information content (AvgIpc) is 3.48. The summed E-state index contributed by atoms with van der Waals surface area (Å²) in [4.78, 5) is 13.5. The van der Waals surface area contributed by atoms with Crippen LogP contribution in [0.3, 0.4) is 0 Å². The summed E-state index contributed by atoms with van der Waals surface area (Å²) in [6, 6.07) is 13.8. The minimum Gasteiger partial charge on any atom is -0.494 e. The number of hydrogen-bond donors (Lipinski definition) is 1. The molecule has 1 aliphatic rings. The van der Waals surface area contributed by atoms with Crippen molar-refractivity contribution in [2.45, 2.75) is 19.6 Å². The highest BCUT2D eigenvalue weighted by Gasteiger charge is 2.18. The zero-order valence-corrected chi connectivity index (χ0v) is 23.0. The van der Waals surface area contributed by atoms with E-state index in [4.69, 9.17) is 26.3 Å². The highest BCUT2D eigenvalue weighted by Crippen LogP contribution is 2.33. The van der Waals surface area contributed by atoms with Crippen LogP contribution in [-0.2, 0) is 6.54 Å². The van der Waals surface area contributed by atoms with Crippen LogP contribution in [0.4, 0.5) is 17.3 Å². The Labute approximate surface area is 237 Å². The van der Waals surface area contributed by atoms with E-state index in [9.17, 15) is 0 Å². The predicted octanol–water partition coefficient (Wildman–Crippen LogP) is 3.65. The molecule has 40 heavy (non-hydrogen) atoms. The first-order chi connectivity index (χ1) is 19.5. The third kappa shape index (κ3) is 6.56. The van der Waals surface area contributed by atoms with Gasteiger partial charge in [-0.2, -0.15) is 5.26 Å². The first kappa shape index (κ1) is 27.1. The molecule has 1 unspecified atom stereocenters. The van der Waals surface area contributed by atoms with Gasteiger partial charge in [0.1, 0.15) is 23.9 Å². The van der Waals surface area contributed by atoms with Gasteiger partial charge in [-0.3, -0.25) is 4.90 Å². The second kappa shape index (κ2) is 12.6. The largest absolute Gasteiger partial charge is 0.494 e. The Balaban J connectivity index is 1.24.